The Balaban J connectivity index is 1.54. The summed E-state index contributed by atoms with van der Waals surface area (Å²) in [6.07, 6.45) is 4.12. The number of ether oxygens (including phenoxy) is 3. The zero-order valence-corrected chi connectivity index (χ0v) is 21.3. The first-order valence-electron chi connectivity index (χ1n) is 13.0. The van der Waals surface area contributed by atoms with Crippen molar-refractivity contribution in [2.75, 3.05) is 18.6 Å². The Bertz CT molecular complexity index is 1250. The van der Waals surface area contributed by atoms with E-state index in [0.717, 1.165) is 32.1 Å². The summed E-state index contributed by atoms with van der Waals surface area (Å²) in [5, 5.41) is 13.1. The molecule has 2 N–H and O–H groups in total. The smallest absolute Gasteiger partial charge is 0.272 e. The molecule has 8 heteroatoms. The third-order valence-corrected chi connectivity index (χ3v) is 7.04. The number of phenolic OH excluding ortho intramolecular Hbond substituents is 1. The fourth-order valence-electron chi connectivity index (χ4n) is 5.04. The largest absolute Gasteiger partial charge is 0.508 e. The van der Waals surface area contributed by atoms with E-state index < -0.39 is 18.1 Å². The predicted octanol–water partition coefficient (Wildman–Crippen LogP) is 4.76. The van der Waals surface area contributed by atoms with Crippen LogP contribution in [0.25, 0.3) is 0 Å². The molecule has 5 rings (SSSR count). The average Bonchev–Trinajstić information content (AvgIpc) is 2.96. The van der Waals surface area contributed by atoms with Gasteiger partial charge in [-0.15, -0.1) is 0 Å². The van der Waals surface area contributed by atoms with Gasteiger partial charge in [0, 0.05) is 11.7 Å². The highest BCUT2D eigenvalue weighted by Crippen LogP contribution is 2.35. The van der Waals surface area contributed by atoms with Crippen molar-refractivity contribution in [2.24, 2.45) is 0 Å². The number of methoxy groups -OCH3 is 1. The SMILES string of the molecule is COc1ccc(N(C(=O)[C@@H]2COc3ccccc3O2)[C@H](C(=O)NC2CCCCC2)c2ccc(O)cc2)cc1. The minimum absolute atomic E-state index is 0.00897. The Kier molecular flexibility index (Phi) is 7.67. The zero-order valence-electron chi connectivity index (χ0n) is 21.3. The first-order chi connectivity index (χ1) is 18.5. The number of amides is 2. The van der Waals surface area contributed by atoms with Crippen molar-refractivity contribution in [3.8, 4) is 23.0 Å². The van der Waals surface area contributed by atoms with Gasteiger partial charge in [0.05, 0.1) is 7.11 Å². The molecular weight excluding hydrogens is 484 g/mol. The molecule has 38 heavy (non-hydrogen) atoms. The Morgan fingerprint density at radius 2 is 1.63 bits per heavy atom. The second kappa shape index (κ2) is 11.5. The molecule has 2 amide bonds. The lowest BCUT2D eigenvalue weighted by molar-refractivity contribution is -0.132. The number of anilines is 1. The highest BCUT2D eigenvalue weighted by Gasteiger charge is 2.39. The van der Waals surface area contributed by atoms with Crippen LogP contribution in [0, 0.1) is 0 Å². The van der Waals surface area contributed by atoms with Gasteiger partial charge in [0.25, 0.3) is 5.91 Å². The van der Waals surface area contributed by atoms with E-state index in [1.54, 1.807) is 55.6 Å². The molecule has 1 aliphatic heterocycles. The Labute approximate surface area is 222 Å². The number of fused-ring (bicyclic) bond motifs is 1. The number of phenols is 1. The molecule has 3 aromatic rings. The van der Waals surface area contributed by atoms with Gasteiger partial charge in [-0.05, 0) is 66.9 Å². The van der Waals surface area contributed by atoms with Crippen LogP contribution in [0.5, 0.6) is 23.0 Å². The van der Waals surface area contributed by atoms with Gasteiger partial charge in [0.15, 0.2) is 11.5 Å². The molecule has 8 nitrogen and oxygen atoms in total. The van der Waals surface area contributed by atoms with Crippen LogP contribution >= 0.6 is 0 Å². The van der Waals surface area contributed by atoms with Crippen LogP contribution < -0.4 is 24.4 Å². The van der Waals surface area contributed by atoms with Crippen LogP contribution in [-0.2, 0) is 9.59 Å². The Morgan fingerprint density at radius 3 is 2.32 bits per heavy atom. The Hall–Kier alpha value is -4.20. The number of nitrogens with zero attached hydrogens (tertiary/aromatic N) is 1. The van der Waals surface area contributed by atoms with Gasteiger partial charge < -0.3 is 24.6 Å². The molecule has 1 fully saturated rings. The molecule has 198 valence electrons. The van der Waals surface area contributed by atoms with Crippen LogP contribution in [0.3, 0.4) is 0 Å². The van der Waals surface area contributed by atoms with E-state index in [0.29, 0.717) is 28.5 Å². The van der Waals surface area contributed by atoms with E-state index in [2.05, 4.69) is 5.32 Å². The van der Waals surface area contributed by atoms with E-state index in [4.69, 9.17) is 14.2 Å². The molecule has 0 saturated heterocycles. The molecule has 3 aromatic carbocycles. The summed E-state index contributed by atoms with van der Waals surface area (Å²) in [4.78, 5) is 29.6. The monoisotopic (exact) mass is 516 g/mol. The summed E-state index contributed by atoms with van der Waals surface area (Å²) in [7, 11) is 1.57. The van der Waals surface area contributed by atoms with E-state index in [1.165, 1.54) is 17.0 Å². The first-order valence-corrected chi connectivity index (χ1v) is 13.0. The lowest BCUT2D eigenvalue weighted by atomic mass is 9.94. The summed E-state index contributed by atoms with van der Waals surface area (Å²) in [5.74, 6) is 1.03. The Morgan fingerprint density at radius 1 is 0.947 bits per heavy atom. The number of nitrogens with one attached hydrogen (secondary N) is 1. The molecular formula is C30H32N2O6. The summed E-state index contributed by atoms with van der Waals surface area (Å²) in [6.45, 7) is 0.00897. The first kappa shape index (κ1) is 25.4. The standard InChI is InChI=1S/C30H32N2O6/c1-36-24-17-13-22(14-18-24)32(30(35)27-19-37-25-9-5-6-10-26(25)38-27)28(20-11-15-23(33)16-12-20)29(34)31-21-7-3-2-4-8-21/h5-6,9-18,21,27-28,33H,2-4,7-8,19H2,1H3,(H,31,34)/t27-,28-/m0/s1. The quantitative estimate of drug-likeness (QED) is 0.470. The zero-order chi connectivity index (χ0) is 26.5. The normalized spacial score (nSPS) is 17.8. The van der Waals surface area contributed by atoms with E-state index in [9.17, 15) is 14.7 Å². The lowest BCUT2D eigenvalue weighted by Gasteiger charge is -2.36. The summed E-state index contributed by atoms with van der Waals surface area (Å²) in [6, 6.07) is 19.6. The van der Waals surface area contributed by atoms with E-state index >= 15 is 0 Å². The van der Waals surface area contributed by atoms with Crippen molar-refractivity contribution in [3.05, 3.63) is 78.4 Å². The number of para-hydroxylation sites is 2. The highest BCUT2D eigenvalue weighted by molar-refractivity contribution is 6.03. The minimum Gasteiger partial charge on any atom is -0.508 e. The number of hydrogen-bond donors (Lipinski definition) is 2. The lowest BCUT2D eigenvalue weighted by Crippen LogP contribution is -2.52. The maximum atomic E-state index is 14.2. The number of rotatable bonds is 7. The van der Waals surface area contributed by atoms with Gasteiger partial charge in [0.1, 0.15) is 24.1 Å². The number of carbonyl (C=O) groups excluding carboxylic acids is 2. The van der Waals surface area contributed by atoms with Gasteiger partial charge in [-0.1, -0.05) is 43.5 Å². The topological polar surface area (TPSA) is 97.3 Å². The molecule has 0 bridgehead atoms. The number of hydrogen-bond acceptors (Lipinski definition) is 6. The summed E-state index contributed by atoms with van der Waals surface area (Å²) >= 11 is 0. The maximum Gasteiger partial charge on any atom is 0.272 e. The van der Waals surface area contributed by atoms with Crippen molar-refractivity contribution < 1.29 is 28.9 Å². The number of aromatic hydroxyl groups is 1. The van der Waals surface area contributed by atoms with Crippen molar-refractivity contribution in [1.29, 1.82) is 0 Å². The summed E-state index contributed by atoms with van der Waals surface area (Å²) in [5.41, 5.74) is 1.08. The predicted molar refractivity (Wildman–Crippen MR) is 143 cm³/mol. The van der Waals surface area contributed by atoms with Crippen LogP contribution in [0.2, 0.25) is 0 Å². The van der Waals surface area contributed by atoms with Gasteiger partial charge in [-0.25, -0.2) is 0 Å². The third kappa shape index (κ3) is 5.54. The fraction of sp³-hybridized carbons (Fsp3) is 0.333. The van der Waals surface area contributed by atoms with Crippen molar-refractivity contribution >= 4 is 17.5 Å². The van der Waals surface area contributed by atoms with Gasteiger partial charge >= 0.3 is 0 Å². The molecule has 0 unspecified atom stereocenters. The second-order valence-corrected chi connectivity index (χ2v) is 9.61. The van der Waals surface area contributed by atoms with Gasteiger partial charge in [-0.2, -0.15) is 0 Å². The van der Waals surface area contributed by atoms with Gasteiger partial charge in [-0.3, -0.25) is 14.5 Å². The van der Waals surface area contributed by atoms with Crippen molar-refractivity contribution in [1.82, 2.24) is 5.32 Å². The minimum atomic E-state index is -1.00. The van der Waals surface area contributed by atoms with Crippen LogP contribution in [0.1, 0.15) is 43.7 Å². The molecule has 2 aliphatic rings. The van der Waals surface area contributed by atoms with Crippen molar-refractivity contribution in [3.63, 3.8) is 0 Å². The fourth-order valence-corrected chi connectivity index (χ4v) is 5.04. The van der Waals surface area contributed by atoms with Gasteiger partial charge in [0.2, 0.25) is 12.0 Å². The second-order valence-electron chi connectivity index (χ2n) is 9.61. The average molecular weight is 517 g/mol. The molecule has 0 aromatic heterocycles. The molecule has 1 heterocycles. The number of benzene rings is 3. The number of carbonyl (C=O) groups is 2. The summed E-state index contributed by atoms with van der Waals surface area (Å²) < 4.78 is 17.2. The maximum absolute atomic E-state index is 14.2. The molecule has 0 spiro atoms. The van der Waals surface area contributed by atoms with Crippen LogP contribution in [0.15, 0.2) is 72.8 Å². The van der Waals surface area contributed by atoms with E-state index in [1.807, 2.05) is 12.1 Å². The molecule has 1 saturated carbocycles. The molecule has 1 aliphatic carbocycles. The third-order valence-electron chi connectivity index (χ3n) is 7.04. The van der Waals surface area contributed by atoms with Crippen LogP contribution in [0.4, 0.5) is 5.69 Å². The molecule has 2 atom stereocenters. The van der Waals surface area contributed by atoms with E-state index in [-0.39, 0.29) is 24.3 Å². The highest BCUT2D eigenvalue weighted by atomic mass is 16.6. The molecule has 0 radical (unpaired) electrons. The van der Waals surface area contributed by atoms with Crippen molar-refractivity contribution in [2.45, 2.75) is 50.3 Å². The van der Waals surface area contributed by atoms with Crippen LogP contribution in [-0.4, -0.2) is 42.8 Å².